The fourth-order valence-electron chi connectivity index (χ4n) is 2.11. The van der Waals surface area contributed by atoms with Crippen molar-refractivity contribution in [1.82, 2.24) is 0 Å². The standard InChI is InChI=1S/C17H19FN2O/c1-3-10-20(15-8-6-14(19)7-9-15)17(21)13-5-4-12(2)16(18)11-13/h4-9,11H,3,10,19H2,1-2H3. The number of nitrogens with zero attached hydrogens (tertiary/aromatic N) is 1. The van der Waals surface area contributed by atoms with Crippen molar-refractivity contribution in [2.75, 3.05) is 17.2 Å². The lowest BCUT2D eigenvalue weighted by molar-refractivity contribution is 0.0986. The molecule has 0 saturated heterocycles. The Balaban J connectivity index is 2.34. The summed E-state index contributed by atoms with van der Waals surface area (Å²) in [7, 11) is 0. The molecule has 21 heavy (non-hydrogen) atoms. The van der Waals surface area contributed by atoms with Crippen LogP contribution in [-0.2, 0) is 0 Å². The fraction of sp³-hybridized carbons (Fsp3) is 0.235. The molecule has 110 valence electrons. The van der Waals surface area contributed by atoms with Gasteiger partial charge in [0.05, 0.1) is 0 Å². The summed E-state index contributed by atoms with van der Waals surface area (Å²) in [4.78, 5) is 14.3. The van der Waals surface area contributed by atoms with Gasteiger partial charge in [-0.15, -0.1) is 0 Å². The number of hydrogen-bond acceptors (Lipinski definition) is 2. The molecule has 0 spiro atoms. The van der Waals surface area contributed by atoms with Crippen LogP contribution in [0.25, 0.3) is 0 Å². The molecule has 0 fully saturated rings. The Morgan fingerprint density at radius 3 is 2.43 bits per heavy atom. The van der Waals surface area contributed by atoms with Crippen molar-refractivity contribution in [3.8, 4) is 0 Å². The van der Waals surface area contributed by atoms with Crippen LogP contribution in [0.5, 0.6) is 0 Å². The zero-order valence-corrected chi connectivity index (χ0v) is 12.3. The van der Waals surface area contributed by atoms with E-state index in [4.69, 9.17) is 5.73 Å². The van der Waals surface area contributed by atoms with Gasteiger partial charge in [-0.05, 0) is 55.3 Å². The average Bonchev–Trinajstić information content (AvgIpc) is 2.48. The van der Waals surface area contributed by atoms with E-state index in [9.17, 15) is 9.18 Å². The van der Waals surface area contributed by atoms with Crippen molar-refractivity contribution >= 4 is 17.3 Å². The minimum absolute atomic E-state index is 0.208. The second-order valence-corrected chi connectivity index (χ2v) is 5.01. The number of aryl methyl sites for hydroxylation is 1. The first-order valence-electron chi connectivity index (χ1n) is 6.96. The number of benzene rings is 2. The highest BCUT2D eigenvalue weighted by Gasteiger charge is 2.17. The Morgan fingerprint density at radius 2 is 1.86 bits per heavy atom. The SMILES string of the molecule is CCCN(C(=O)c1ccc(C)c(F)c1)c1ccc(N)cc1. The Bertz CT molecular complexity index is 638. The lowest BCUT2D eigenvalue weighted by Gasteiger charge is -2.22. The minimum Gasteiger partial charge on any atom is -0.399 e. The molecule has 1 amide bonds. The van der Waals surface area contributed by atoms with Crippen molar-refractivity contribution in [2.24, 2.45) is 0 Å². The first kappa shape index (κ1) is 15.0. The molecule has 2 N–H and O–H groups in total. The third-order valence-electron chi connectivity index (χ3n) is 3.32. The molecule has 2 aromatic rings. The minimum atomic E-state index is -0.366. The van der Waals surface area contributed by atoms with Gasteiger partial charge in [-0.3, -0.25) is 4.79 Å². The molecule has 0 aliphatic carbocycles. The second-order valence-electron chi connectivity index (χ2n) is 5.01. The van der Waals surface area contributed by atoms with Gasteiger partial charge >= 0.3 is 0 Å². The van der Waals surface area contributed by atoms with Crippen LogP contribution in [0.3, 0.4) is 0 Å². The van der Waals surface area contributed by atoms with Crippen LogP contribution in [0, 0.1) is 12.7 Å². The number of carbonyl (C=O) groups is 1. The van der Waals surface area contributed by atoms with E-state index in [1.807, 2.05) is 6.92 Å². The number of rotatable bonds is 4. The van der Waals surface area contributed by atoms with E-state index in [0.29, 0.717) is 23.4 Å². The quantitative estimate of drug-likeness (QED) is 0.870. The highest BCUT2D eigenvalue weighted by atomic mass is 19.1. The second kappa shape index (κ2) is 6.39. The van der Waals surface area contributed by atoms with E-state index in [2.05, 4.69) is 0 Å². The molecule has 3 nitrogen and oxygen atoms in total. The Kier molecular flexibility index (Phi) is 4.58. The third kappa shape index (κ3) is 3.40. The molecule has 0 saturated carbocycles. The first-order valence-corrected chi connectivity index (χ1v) is 6.96. The predicted molar refractivity (Wildman–Crippen MR) is 84.0 cm³/mol. The van der Waals surface area contributed by atoms with Crippen molar-refractivity contribution in [3.63, 3.8) is 0 Å². The zero-order valence-electron chi connectivity index (χ0n) is 12.3. The molecule has 0 heterocycles. The van der Waals surface area contributed by atoms with Crippen LogP contribution in [0.4, 0.5) is 15.8 Å². The highest BCUT2D eigenvalue weighted by Crippen LogP contribution is 2.20. The van der Waals surface area contributed by atoms with Gasteiger partial charge in [-0.1, -0.05) is 13.0 Å². The van der Waals surface area contributed by atoms with Crippen LogP contribution in [0.2, 0.25) is 0 Å². The maximum absolute atomic E-state index is 13.7. The van der Waals surface area contributed by atoms with E-state index in [-0.39, 0.29) is 11.7 Å². The molecule has 0 aromatic heterocycles. The number of nitrogens with two attached hydrogens (primary N) is 1. The van der Waals surface area contributed by atoms with E-state index in [1.165, 1.54) is 6.07 Å². The molecule has 4 heteroatoms. The largest absolute Gasteiger partial charge is 0.399 e. The summed E-state index contributed by atoms with van der Waals surface area (Å²) in [6.45, 7) is 4.24. The van der Waals surface area contributed by atoms with Gasteiger partial charge in [-0.25, -0.2) is 4.39 Å². The molecule has 2 rings (SSSR count). The van der Waals surface area contributed by atoms with E-state index >= 15 is 0 Å². The molecule has 0 unspecified atom stereocenters. The summed E-state index contributed by atoms with van der Waals surface area (Å²) in [5.41, 5.74) is 7.95. The van der Waals surface area contributed by atoms with Crippen molar-refractivity contribution < 1.29 is 9.18 Å². The van der Waals surface area contributed by atoms with Crippen molar-refractivity contribution in [2.45, 2.75) is 20.3 Å². The normalized spacial score (nSPS) is 10.4. The van der Waals surface area contributed by atoms with E-state index in [1.54, 1.807) is 48.2 Å². The number of carbonyl (C=O) groups excluding carboxylic acids is 1. The van der Waals surface area contributed by atoms with Crippen molar-refractivity contribution in [1.29, 1.82) is 0 Å². The highest BCUT2D eigenvalue weighted by molar-refractivity contribution is 6.06. The zero-order chi connectivity index (χ0) is 15.4. The molecular formula is C17H19FN2O. The summed E-state index contributed by atoms with van der Waals surface area (Å²) < 4.78 is 13.7. The van der Waals surface area contributed by atoms with Crippen molar-refractivity contribution in [3.05, 3.63) is 59.4 Å². The van der Waals surface area contributed by atoms with Crippen LogP contribution in [-0.4, -0.2) is 12.5 Å². The lowest BCUT2D eigenvalue weighted by atomic mass is 10.1. The predicted octanol–water partition coefficient (Wildman–Crippen LogP) is 3.77. The summed E-state index contributed by atoms with van der Waals surface area (Å²) in [6, 6.07) is 11.7. The van der Waals surface area contributed by atoms with E-state index < -0.39 is 0 Å². The molecule has 0 radical (unpaired) electrons. The van der Waals surface area contributed by atoms with Gasteiger partial charge in [0.2, 0.25) is 0 Å². The molecular weight excluding hydrogens is 267 g/mol. The number of hydrogen-bond donors (Lipinski definition) is 1. The lowest BCUT2D eigenvalue weighted by Crippen LogP contribution is -2.31. The first-order chi connectivity index (χ1) is 10.0. The Labute approximate surface area is 124 Å². The van der Waals surface area contributed by atoms with Gasteiger partial charge in [-0.2, -0.15) is 0 Å². The molecule has 0 aliphatic heterocycles. The molecule has 0 bridgehead atoms. The molecule has 0 aliphatic rings. The topological polar surface area (TPSA) is 46.3 Å². The number of nitrogen functional groups attached to an aromatic ring is 1. The van der Waals surface area contributed by atoms with Crippen LogP contribution >= 0.6 is 0 Å². The van der Waals surface area contributed by atoms with Gasteiger partial charge in [0.25, 0.3) is 5.91 Å². The van der Waals surface area contributed by atoms with Gasteiger partial charge in [0.15, 0.2) is 0 Å². The number of halogens is 1. The molecule has 0 atom stereocenters. The van der Waals surface area contributed by atoms with Gasteiger partial charge in [0.1, 0.15) is 5.82 Å². The Hall–Kier alpha value is -2.36. The van der Waals surface area contributed by atoms with Crippen LogP contribution in [0.1, 0.15) is 29.3 Å². The summed E-state index contributed by atoms with van der Waals surface area (Å²) in [5.74, 6) is -0.574. The van der Waals surface area contributed by atoms with Gasteiger partial charge in [0, 0.05) is 23.5 Å². The smallest absolute Gasteiger partial charge is 0.258 e. The summed E-state index contributed by atoms with van der Waals surface area (Å²) in [6.07, 6.45) is 0.810. The summed E-state index contributed by atoms with van der Waals surface area (Å²) >= 11 is 0. The average molecular weight is 286 g/mol. The Morgan fingerprint density at radius 1 is 1.19 bits per heavy atom. The molecule has 2 aromatic carbocycles. The van der Waals surface area contributed by atoms with Gasteiger partial charge < -0.3 is 10.6 Å². The fourth-order valence-corrected chi connectivity index (χ4v) is 2.11. The maximum atomic E-state index is 13.7. The maximum Gasteiger partial charge on any atom is 0.258 e. The number of anilines is 2. The van der Waals surface area contributed by atoms with E-state index in [0.717, 1.165) is 12.1 Å². The van der Waals surface area contributed by atoms with Crippen LogP contribution in [0.15, 0.2) is 42.5 Å². The summed E-state index contributed by atoms with van der Waals surface area (Å²) in [5, 5.41) is 0. The van der Waals surface area contributed by atoms with Crippen LogP contribution < -0.4 is 10.6 Å². The third-order valence-corrected chi connectivity index (χ3v) is 3.32. The monoisotopic (exact) mass is 286 g/mol. The number of amides is 1.